The molecule has 1 aliphatic heterocycles. The van der Waals surface area contributed by atoms with Crippen LogP contribution in [0.4, 0.5) is 4.39 Å². The molecule has 0 aromatic heterocycles. The topological polar surface area (TPSA) is 67.9 Å². The molecule has 0 saturated carbocycles. The molecule has 176 valence electrons. The minimum absolute atomic E-state index is 0.00621. The summed E-state index contributed by atoms with van der Waals surface area (Å²) >= 11 is 0. The molecular formula is C27H27FN2O4. The summed E-state index contributed by atoms with van der Waals surface area (Å²) in [6.45, 7) is 0.816. The first-order valence-corrected chi connectivity index (χ1v) is 11.1. The Morgan fingerprint density at radius 2 is 1.71 bits per heavy atom. The molecule has 6 nitrogen and oxygen atoms in total. The van der Waals surface area contributed by atoms with Crippen LogP contribution < -0.4 is 14.8 Å². The summed E-state index contributed by atoms with van der Waals surface area (Å²) in [6.07, 6.45) is 0. The maximum absolute atomic E-state index is 14.3. The number of carbonyl (C=O) groups excluding carboxylic acids is 2. The Hall–Kier alpha value is -3.87. The fourth-order valence-electron chi connectivity index (χ4n) is 4.40. The van der Waals surface area contributed by atoms with Gasteiger partial charge in [-0.25, -0.2) is 4.39 Å². The molecule has 4 rings (SSSR count). The van der Waals surface area contributed by atoms with Crippen LogP contribution in [0.3, 0.4) is 0 Å². The van der Waals surface area contributed by atoms with Crippen LogP contribution in [0.1, 0.15) is 27.4 Å². The Bertz CT molecular complexity index is 1170. The summed E-state index contributed by atoms with van der Waals surface area (Å²) in [6, 6.07) is 20.9. The van der Waals surface area contributed by atoms with Gasteiger partial charge in [0.1, 0.15) is 17.3 Å². The summed E-state index contributed by atoms with van der Waals surface area (Å²) < 4.78 is 25.2. The van der Waals surface area contributed by atoms with E-state index in [4.69, 9.17) is 9.47 Å². The van der Waals surface area contributed by atoms with Gasteiger partial charge in [-0.05, 0) is 23.8 Å². The quantitative estimate of drug-likeness (QED) is 0.576. The van der Waals surface area contributed by atoms with Gasteiger partial charge in [0.15, 0.2) is 0 Å². The molecule has 7 heteroatoms. The van der Waals surface area contributed by atoms with Gasteiger partial charge in [0.25, 0.3) is 5.91 Å². The number of likely N-dealkylation sites (tertiary alicyclic amines) is 1. The van der Waals surface area contributed by atoms with Crippen LogP contribution >= 0.6 is 0 Å². The van der Waals surface area contributed by atoms with E-state index in [1.54, 1.807) is 43.4 Å². The van der Waals surface area contributed by atoms with Gasteiger partial charge in [-0.15, -0.1) is 0 Å². The van der Waals surface area contributed by atoms with Gasteiger partial charge in [0.05, 0.1) is 25.7 Å². The lowest BCUT2D eigenvalue weighted by Crippen LogP contribution is -2.35. The number of nitrogens with zero attached hydrogens (tertiary/aromatic N) is 1. The van der Waals surface area contributed by atoms with E-state index in [1.807, 2.05) is 36.4 Å². The van der Waals surface area contributed by atoms with Gasteiger partial charge in [-0.1, -0.05) is 48.5 Å². The number of hydrogen-bond acceptors (Lipinski definition) is 4. The van der Waals surface area contributed by atoms with Gasteiger partial charge < -0.3 is 19.7 Å². The highest BCUT2D eigenvalue weighted by Gasteiger charge is 2.42. The molecule has 0 unspecified atom stereocenters. The minimum Gasteiger partial charge on any atom is -0.497 e. The second-order valence-corrected chi connectivity index (χ2v) is 8.21. The first-order valence-electron chi connectivity index (χ1n) is 11.1. The lowest BCUT2D eigenvalue weighted by atomic mass is 9.87. The van der Waals surface area contributed by atoms with Crippen molar-refractivity contribution in [3.05, 3.63) is 95.3 Å². The van der Waals surface area contributed by atoms with Crippen LogP contribution in [0.15, 0.2) is 72.8 Å². The Kier molecular flexibility index (Phi) is 7.11. The largest absolute Gasteiger partial charge is 0.497 e. The van der Waals surface area contributed by atoms with Crippen LogP contribution in [0.5, 0.6) is 11.5 Å². The van der Waals surface area contributed by atoms with Crippen molar-refractivity contribution in [2.75, 3.05) is 27.3 Å². The molecule has 3 aromatic carbocycles. The summed E-state index contributed by atoms with van der Waals surface area (Å²) in [4.78, 5) is 28.0. The third-order valence-corrected chi connectivity index (χ3v) is 6.20. The van der Waals surface area contributed by atoms with E-state index < -0.39 is 17.6 Å². The molecule has 1 fully saturated rings. The highest BCUT2D eigenvalue weighted by molar-refractivity contribution is 5.95. The number of methoxy groups -OCH3 is 2. The van der Waals surface area contributed by atoms with Crippen molar-refractivity contribution in [2.24, 2.45) is 5.92 Å². The van der Waals surface area contributed by atoms with E-state index >= 15 is 0 Å². The van der Waals surface area contributed by atoms with Gasteiger partial charge in [0, 0.05) is 37.2 Å². The fourth-order valence-corrected chi connectivity index (χ4v) is 4.40. The van der Waals surface area contributed by atoms with Crippen LogP contribution in [0.25, 0.3) is 0 Å². The molecule has 0 aliphatic carbocycles. The van der Waals surface area contributed by atoms with E-state index in [0.29, 0.717) is 18.0 Å². The van der Waals surface area contributed by atoms with Crippen molar-refractivity contribution in [1.82, 2.24) is 10.2 Å². The molecular weight excluding hydrogens is 435 g/mol. The van der Waals surface area contributed by atoms with E-state index in [2.05, 4.69) is 5.32 Å². The number of hydrogen-bond donors (Lipinski definition) is 1. The number of rotatable bonds is 7. The molecule has 2 amide bonds. The van der Waals surface area contributed by atoms with Crippen molar-refractivity contribution in [3.63, 3.8) is 0 Å². The predicted octanol–water partition coefficient (Wildman–Crippen LogP) is 4.02. The summed E-state index contributed by atoms with van der Waals surface area (Å²) in [5, 5.41) is 2.99. The Morgan fingerprint density at radius 1 is 0.971 bits per heavy atom. The third kappa shape index (κ3) is 4.88. The SMILES string of the molecule is COc1ccc([C@H]2CN(C(=O)c3ccccc3F)C[C@@H]2C(=O)NCc2ccccc2)c(OC)c1. The summed E-state index contributed by atoms with van der Waals surface area (Å²) in [5.74, 6) is -0.838. The fraction of sp³-hybridized carbons (Fsp3) is 0.259. The number of benzene rings is 3. The minimum atomic E-state index is -0.581. The second kappa shape index (κ2) is 10.4. The van der Waals surface area contributed by atoms with E-state index in [-0.39, 0.29) is 30.5 Å². The maximum atomic E-state index is 14.3. The van der Waals surface area contributed by atoms with Crippen molar-refractivity contribution in [1.29, 1.82) is 0 Å². The Labute approximate surface area is 198 Å². The monoisotopic (exact) mass is 462 g/mol. The first kappa shape index (κ1) is 23.3. The standard InChI is InChI=1S/C27H27FN2O4/c1-33-19-12-13-20(25(14-19)34-2)22-16-30(27(32)21-10-6-7-11-24(21)28)17-23(22)26(31)29-15-18-8-4-3-5-9-18/h3-14,22-23H,15-17H2,1-2H3,(H,29,31)/t22-,23+/m1/s1. The Morgan fingerprint density at radius 3 is 2.41 bits per heavy atom. The molecule has 0 radical (unpaired) electrons. The molecule has 1 aliphatic rings. The summed E-state index contributed by atoms with van der Waals surface area (Å²) in [5.41, 5.74) is 1.77. The van der Waals surface area contributed by atoms with Gasteiger partial charge in [-0.2, -0.15) is 0 Å². The van der Waals surface area contributed by atoms with Crippen LogP contribution in [0.2, 0.25) is 0 Å². The molecule has 34 heavy (non-hydrogen) atoms. The number of nitrogens with one attached hydrogen (secondary N) is 1. The number of ether oxygens (including phenoxy) is 2. The highest BCUT2D eigenvalue weighted by atomic mass is 19.1. The van der Waals surface area contributed by atoms with Gasteiger partial charge >= 0.3 is 0 Å². The summed E-state index contributed by atoms with van der Waals surface area (Å²) in [7, 11) is 3.12. The van der Waals surface area contributed by atoms with E-state index in [9.17, 15) is 14.0 Å². The van der Waals surface area contributed by atoms with Crippen molar-refractivity contribution in [2.45, 2.75) is 12.5 Å². The third-order valence-electron chi connectivity index (χ3n) is 6.20. The molecule has 1 heterocycles. The van der Waals surface area contributed by atoms with Crippen molar-refractivity contribution < 1.29 is 23.5 Å². The lowest BCUT2D eigenvalue weighted by molar-refractivity contribution is -0.125. The van der Waals surface area contributed by atoms with Gasteiger partial charge in [0.2, 0.25) is 5.91 Å². The number of halogens is 1. The highest BCUT2D eigenvalue weighted by Crippen LogP contribution is 2.40. The number of amides is 2. The predicted molar refractivity (Wildman–Crippen MR) is 126 cm³/mol. The zero-order valence-electron chi connectivity index (χ0n) is 19.2. The number of carbonyl (C=O) groups is 2. The average Bonchev–Trinajstić information content (AvgIpc) is 3.32. The van der Waals surface area contributed by atoms with Crippen LogP contribution in [0, 0.1) is 11.7 Å². The second-order valence-electron chi connectivity index (χ2n) is 8.21. The van der Waals surface area contributed by atoms with Crippen LogP contribution in [-0.2, 0) is 11.3 Å². The lowest BCUT2D eigenvalue weighted by Gasteiger charge is -2.21. The smallest absolute Gasteiger partial charge is 0.256 e. The average molecular weight is 463 g/mol. The molecule has 1 saturated heterocycles. The van der Waals surface area contributed by atoms with Gasteiger partial charge in [-0.3, -0.25) is 9.59 Å². The first-order chi connectivity index (χ1) is 16.5. The maximum Gasteiger partial charge on any atom is 0.256 e. The molecule has 0 spiro atoms. The molecule has 3 aromatic rings. The van der Waals surface area contributed by atoms with E-state index in [1.165, 1.54) is 12.1 Å². The van der Waals surface area contributed by atoms with Crippen LogP contribution in [-0.4, -0.2) is 44.0 Å². The van der Waals surface area contributed by atoms with Crippen molar-refractivity contribution in [3.8, 4) is 11.5 Å². The van der Waals surface area contributed by atoms with E-state index in [0.717, 1.165) is 11.1 Å². The molecule has 2 atom stereocenters. The molecule has 1 N–H and O–H groups in total. The zero-order valence-corrected chi connectivity index (χ0v) is 19.2. The normalized spacial score (nSPS) is 17.3. The molecule has 0 bridgehead atoms. The Balaban J connectivity index is 1.62. The zero-order chi connectivity index (χ0) is 24.1. The van der Waals surface area contributed by atoms with Crippen molar-refractivity contribution >= 4 is 11.8 Å².